The van der Waals surface area contributed by atoms with Crippen LogP contribution in [0.2, 0.25) is 5.02 Å². The van der Waals surface area contributed by atoms with Gasteiger partial charge in [0.1, 0.15) is 0 Å². The van der Waals surface area contributed by atoms with Gasteiger partial charge in [0.25, 0.3) is 0 Å². The molecule has 1 N–H and O–H groups in total. The van der Waals surface area contributed by atoms with Crippen LogP contribution < -0.4 is 5.32 Å². The van der Waals surface area contributed by atoms with Crippen molar-refractivity contribution in [3.05, 3.63) is 34.9 Å². The van der Waals surface area contributed by atoms with Gasteiger partial charge in [-0.25, -0.2) is 4.79 Å². The zero-order valence-electron chi connectivity index (χ0n) is 10.6. The molecule has 0 saturated carbocycles. The Hall–Kier alpha value is -1.88. The summed E-state index contributed by atoms with van der Waals surface area (Å²) in [6.45, 7) is 2.97. The lowest BCUT2D eigenvalue weighted by Crippen LogP contribution is -2.46. The van der Waals surface area contributed by atoms with E-state index in [4.69, 9.17) is 16.3 Å². The second kappa shape index (κ2) is 6.89. The lowest BCUT2D eigenvalue weighted by Gasteiger charge is -2.15. The largest absolute Gasteiger partial charge is 0.464 e. The molecule has 1 unspecified atom stereocenters. The molecule has 1 aromatic carbocycles. The van der Waals surface area contributed by atoms with E-state index in [0.29, 0.717) is 5.02 Å². The Labute approximate surface area is 115 Å². The summed E-state index contributed by atoms with van der Waals surface area (Å²) in [6.07, 6.45) is 0. The first kappa shape index (κ1) is 15.2. The minimum absolute atomic E-state index is 0.128. The van der Waals surface area contributed by atoms with Crippen LogP contribution in [-0.4, -0.2) is 30.3 Å². The van der Waals surface area contributed by atoms with Crippen molar-refractivity contribution in [2.24, 2.45) is 0 Å². The fraction of sp³-hybridized carbons (Fsp3) is 0.308. The maximum absolute atomic E-state index is 12.1. The number of halogens is 1. The molecular formula is C13H14ClNO4. The first-order valence-electron chi connectivity index (χ1n) is 5.69. The minimum atomic E-state index is -1.33. The fourth-order valence-electron chi connectivity index (χ4n) is 1.44. The van der Waals surface area contributed by atoms with Gasteiger partial charge in [0.15, 0.2) is 11.8 Å². The summed E-state index contributed by atoms with van der Waals surface area (Å²) >= 11 is 5.72. The topological polar surface area (TPSA) is 72.5 Å². The molecule has 0 aliphatic heterocycles. The van der Waals surface area contributed by atoms with Gasteiger partial charge < -0.3 is 10.1 Å². The predicted molar refractivity (Wildman–Crippen MR) is 70.0 cm³/mol. The monoisotopic (exact) mass is 283 g/mol. The molecule has 1 amide bonds. The molecule has 1 rings (SSSR count). The molecule has 0 radical (unpaired) electrons. The van der Waals surface area contributed by atoms with Crippen molar-refractivity contribution in [2.75, 3.05) is 6.61 Å². The number of carbonyl (C=O) groups is 3. The lowest BCUT2D eigenvalue weighted by atomic mass is 10.0. The van der Waals surface area contributed by atoms with Crippen LogP contribution in [0.15, 0.2) is 24.3 Å². The van der Waals surface area contributed by atoms with Crippen molar-refractivity contribution in [1.29, 1.82) is 0 Å². The van der Waals surface area contributed by atoms with Gasteiger partial charge in [-0.1, -0.05) is 11.6 Å². The third-order valence-electron chi connectivity index (χ3n) is 2.26. The van der Waals surface area contributed by atoms with Gasteiger partial charge in [0, 0.05) is 17.5 Å². The van der Waals surface area contributed by atoms with Gasteiger partial charge >= 0.3 is 5.97 Å². The molecule has 0 aliphatic carbocycles. The molecule has 6 heteroatoms. The SMILES string of the molecule is CCOC(=O)C(NC(C)=O)C(=O)c1ccc(Cl)cc1. The molecule has 1 atom stereocenters. The van der Waals surface area contributed by atoms with Crippen LogP contribution >= 0.6 is 11.6 Å². The maximum Gasteiger partial charge on any atom is 0.336 e. The molecule has 0 fully saturated rings. The normalized spacial score (nSPS) is 11.5. The molecule has 5 nitrogen and oxygen atoms in total. The molecule has 0 heterocycles. The number of amides is 1. The molecule has 0 bridgehead atoms. The predicted octanol–water partition coefficient (Wildman–Crippen LogP) is 1.59. The average Bonchev–Trinajstić information content (AvgIpc) is 2.36. The van der Waals surface area contributed by atoms with Crippen LogP contribution in [0.3, 0.4) is 0 Å². The van der Waals surface area contributed by atoms with E-state index in [1.807, 2.05) is 0 Å². The standard InChI is InChI=1S/C13H14ClNO4/c1-3-19-13(18)11(15-8(2)16)12(17)9-4-6-10(14)7-5-9/h4-7,11H,3H2,1-2H3,(H,15,16). The second-order valence-corrected chi connectivity index (χ2v) is 4.19. The van der Waals surface area contributed by atoms with Gasteiger partial charge in [-0.05, 0) is 31.2 Å². The number of ketones is 1. The van der Waals surface area contributed by atoms with E-state index < -0.39 is 23.7 Å². The van der Waals surface area contributed by atoms with Gasteiger partial charge in [-0.15, -0.1) is 0 Å². The molecular weight excluding hydrogens is 270 g/mol. The number of ether oxygens (including phenoxy) is 1. The highest BCUT2D eigenvalue weighted by Crippen LogP contribution is 2.12. The molecule has 102 valence electrons. The minimum Gasteiger partial charge on any atom is -0.464 e. The zero-order valence-corrected chi connectivity index (χ0v) is 11.4. The summed E-state index contributed by atoms with van der Waals surface area (Å²) in [5.41, 5.74) is 0.274. The average molecular weight is 284 g/mol. The number of nitrogens with one attached hydrogen (secondary N) is 1. The Balaban J connectivity index is 2.96. The van der Waals surface area contributed by atoms with E-state index in [9.17, 15) is 14.4 Å². The first-order valence-corrected chi connectivity index (χ1v) is 6.07. The molecule has 0 saturated heterocycles. The van der Waals surface area contributed by atoms with E-state index in [1.54, 1.807) is 6.92 Å². The highest BCUT2D eigenvalue weighted by molar-refractivity contribution is 6.30. The summed E-state index contributed by atoms with van der Waals surface area (Å²) in [6, 6.07) is 4.70. The Morgan fingerprint density at radius 2 is 1.84 bits per heavy atom. The second-order valence-electron chi connectivity index (χ2n) is 3.76. The Morgan fingerprint density at radius 1 is 1.26 bits per heavy atom. The van der Waals surface area contributed by atoms with Crippen molar-refractivity contribution in [2.45, 2.75) is 19.9 Å². The number of rotatable bonds is 5. The summed E-state index contributed by atoms with van der Waals surface area (Å²) < 4.78 is 4.77. The number of Topliss-reactive ketones (excluding diaryl/α,β-unsaturated/α-hetero) is 1. The van der Waals surface area contributed by atoms with Crippen molar-refractivity contribution in [3.63, 3.8) is 0 Å². The number of carbonyl (C=O) groups excluding carboxylic acids is 3. The van der Waals surface area contributed by atoms with Crippen molar-refractivity contribution in [1.82, 2.24) is 5.32 Å². The smallest absolute Gasteiger partial charge is 0.336 e. The van der Waals surface area contributed by atoms with Crippen molar-refractivity contribution in [3.8, 4) is 0 Å². The van der Waals surface area contributed by atoms with E-state index >= 15 is 0 Å². The number of hydrogen-bond donors (Lipinski definition) is 1. The Morgan fingerprint density at radius 3 is 2.32 bits per heavy atom. The quantitative estimate of drug-likeness (QED) is 0.506. The van der Waals surface area contributed by atoms with Crippen LogP contribution in [0, 0.1) is 0 Å². The molecule has 19 heavy (non-hydrogen) atoms. The summed E-state index contributed by atoms with van der Waals surface area (Å²) in [7, 11) is 0. The summed E-state index contributed by atoms with van der Waals surface area (Å²) in [5.74, 6) is -1.80. The van der Waals surface area contributed by atoms with E-state index in [2.05, 4.69) is 5.32 Å². The lowest BCUT2D eigenvalue weighted by molar-refractivity contribution is -0.145. The zero-order chi connectivity index (χ0) is 14.4. The van der Waals surface area contributed by atoms with Crippen molar-refractivity contribution < 1.29 is 19.1 Å². The third kappa shape index (κ3) is 4.37. The molecule has 1 aromatic rings. The molecule has 0 spiro atoms. The number of esters is 1. The van der Waals surface area contributed by atoms with Crippen LogP contribution in [-0.2, 0) is 14.3 Å². The molecule has 0 aromatic heterocycles. The van der Waals surface area contributed by atoms with Crippen LogP contribution in [0.1, 0.15) is 24.2 Å². The Kier molecular flexibility index (Phi) is 5.51. The van der Waals surface area contributed by atoms with Crippen LogP contribution in [0.4, 0.5) is 0 Å². The fourth-order valence-corrected chi connectivity index (χ4v) is 1.57. The van der Waals surface area contributed by atoms with E-state index in [1.165, 1.54) is 31.2 Å². The molecule has 0 aliphatic rings. The highest BCUT2D eigenvalue weighted by atomic mass is 35.5. The third-order valence-corrected chi connectivity index (χ3v) is 2.51. The van der Waals surface area contributed by atoms with Crippen molar-refractivity contribution >= 4 is 29.3 Å². The van der Waals surface area contributed by atoms with Gasteiger partial charge in [-0.3, -0.25) is 9.59 Å². The van der Waals surface area contributed by atoms with Gasteiger partial charge in [0.05, 0.1) is 6.61 Å². The van der Waals surface area contributed by atoms with Gasteiger partial charge in [0.2, 0.25) is 5.91 Å². The number of hydrogen-bond acceptors (Lipinski definition) is 4. The van der Waals surface area contributed by atoms with E-state index in [0.717, 1.165) is 0 Å². The van der Waals surface area contributed by atoms with Gasteiger partial charge in [-0.2, -0.15) is 0 Å². The summed E-state index contributed by atoms with van der Waals surface area (Å²) in [4.78, 5) is 34.9. The summed E-state index contributed by atoms with van der Waals surface area (Å²) in [5, 5.41) is 2.76. The van der Waals surface area contributed by atoms with E-state index in [-0.39, 0.29) is 12.2 Å². The first-order chi connectivity index (χ1) is 8.95. The maximum atomic E-state index is 12.1. The highest BCUT2D eigenvalue weighted by Gasteiger charge is 2.29. The van der Waals surface area contributed by atoms with Crippen LogP contribution in [0.5, 0.6) is 0 Å². The van der Waals surface area contributed by atoms with Crippen LogP contribution in [0.25, 0.3) is 0 Å². The Bertz CT molecular complexity index is 484. The number of benzene rings is 1.